The third-order valence-corrected chi connectivity index (χ3v) is 4.39. The lowest BCUT2D eigenvalue weighted by atomic mass is 9.98. The normalized spacial score (nSPS) is 21.6. The highest BCUT2D eigenvalue weighted by atomic mass is 16.5. The number of hydrogen-bond donors (Lipinski definition) is 2. The predicted molar refractivity (Wildman–Crippen MR) is 83.4 cm³/mol. The van der Waals surface area contributed by atoms with Gasteiger partial charge in [-0.3, -0.25) is 4.79 Å². The summed E-state index contributed by atoms with van der Waals surface area (Å²) < 4.78 is 5.82. The maximum absolute atomic E-state index is 12.1. The molecule has 1 aromatic rings. The first-order valence-electron chi connectivity index (χ1n) is 8.07. The van der Waals surface area contributed by atoms with Crippen LogP contribution in [0.5, 0.6) is 0 Å². The Balaban J connectivity index is 1.36. The minimum absolute atomic E-state index is 0.0680. The van der Waals surface area contributed by atoms with Crippen LogP contribution in [0.2, 0.25) is 0 Å². The average Bonchev–Trinajstić information content (AvgIpc) is 2.96. The maximum Gasteiger partial charge on any atom is 0.242 e. The van der Waals surface area contributed by atoms with E-state index in [4.69, 9.17) is 4.74 Å². The van der Waals surface area contributed by atoms with Crippen LogP contribution in [-0.2, 0) is 16.0 Å². The number of anilines is 1. The van der Waals surface area contributed by atoms with Crippen LogP contribution in [0.3, 0.4) is 0 Å². The Kier molecular flexibility index (Phi) is 4.76. The Morgan fingerprint density at radius 2 is 2.05 bits per heavy atom. The van der Waals surface area contributed by atoms with E-state index in [9.17, 15) is 4.79 Å². The highest BCUT2D eigenvalue weighted by molar-refractivity contribution is 5.87. The molecule has 114 valence electrons. The van der Waals surface area contributed by atoms with Crippen LogP contribution in [0.25, 0.3) is 0 Å². The van der Waals surface area contributed by atoms with Gasteiger partial charge < -0.3 is 15.4 Å². The van der Waals surface area contributed by atoms with Gasteiger partial charge in [0.05, 0.1) is 12.7 Å². The summed E-state index contributed by atoms with van der Waals surface area (Å²) in [6.07, 6.45) is 7.42. The van der Waals surface area contributed by atoms with Crippen molar-refractivity contribution in [2.24, 2.45) is 0 Å². The highest BCUT2D eigenvalue weighted by Gasteiger charge is 2.25. The van der Waals surface area contributed by atoms with Gasteiger partial charge in [0.15, 0.2) is 0 Å². The number of ether oxygens (including phenoxy) is 1. The van der Waals surface area contributed by atoms with Gasteiger partial charge in [0, 0.05) is 18.7 Å². The molecule has 0 radical (unpaired) electrons. The molecule has 1 aliphatic carbocycles. The third kappa shape index (κ3) is 3.76. The summed E-state index contributed by atoms with van der Waals surface area (Å²) in [5, 5.41) is 6.24. The van der Waals surface area contributed by atoms with E-state index in [1.54, 1.807) is 0 Å². The molecule has 1 heterocycles. The lowest BCUT2D eigenvalue weighted by molar-refractivity contribution is -0.122. The monoisotopic (exact) mass is 288 g/mol. The number of fused-ring (bicyclic) bond motifs is 1. The first kappa shape index (κ1) is 14.4. The second-order valence-electron chi connectivity index (χ2n) is 5.98. The summed E-state index contributed by atoms with van der Waals surface area (Å²) in [7, 11) is 0. The van der Waals surface area contributed by atoms with Crippen LogP contribution in [0, 0.1) is 0 Å². The number of carbonyl (C=O) groups is 1. The maximum atomic E-state index is 12.1. The van der Waals surface area contributed by atoms with E-state index in [2.05, 4.69) is 16.7 Å². The molecule has 1 aliphatic heterocycles. The molecule has 1 fully saturated rings. The van der Waals surface area contributed by atoms with Crippen LogP contribution in [0.15, 0.2) is 24.3 Å². The molecule has 1 saturated carbocycles. The summed E-state index contributed by atoms with van der Waals surface area (Å²) in [5.41, 5.74) is 2.30. The fraction of sp³-hybridized carbons (Fsp3) is 0.588. The summed E-state index contributed by atoms with van der Waals surface area (Å²) in [6.45, 7) is 1.22. The van der Waals surface area contributed by atoms with E-state index < -0.39 is 0 Å². The van der Waals surface area contributed by atoms with Gasteiger partial charge in [-0.2, -0.15) is 0 Å². The molecule has 1 aromatic carbocycles. The van der Waals surface area contributed by atoms with Crippen molar-refractivity contribution in [3.05, 3.63) is 29.8 Å². The molecular formula is C17H24N2O2. The molecule has 0 saturated heterocycles. The second kappa shape index (κ2) is 6.94. The van der Waals surface area contributed by atoms with Crippen LogP contribution in [-0.4, -0.2) is 31.2 Å². The van der Waals surface area contributed by atoms with Crippen LogP contribution in [0.1, 0.15) is 37.7 Å². The molecule has 2 aliphatic rings. The first-order valence-corrected chi connectivity index (χ1v) is 8.07. The van der Waals surface area contributed by atoms with E-state index in [1.807, 2.05) is 18.2 Å². The van der Waals surface area contributed by atoms with E-state index >= 15 is 0 Å². The van der Waals surface area contributed by atoms with Gasteiger partial charge in [-0.25, -0.2) is 0 Å². The molecule has 4 nitrogen and oxygen atoms in total. The molecule has 1 atom stereocenters. The Hall–Kier alpha value is -1.55. The van der Waals surface area contributed by atoms with Crippen molar-refractivity contribution >= 4 is 11.6 Å². The van der Waals surface area contributed by atoms with Crippen molar-refractivity contribution in [1.82, 2.24) is 5.32 Å². The third-order valence-electron chi connectivity index (χ3n) is 4.39. The van der Waals surface area contributed by atoms with Crippen molar-refractivity contribution in [3.8, 4) is 0 Å². The molecule has 3 rings (SSSR count). The second-order valence-corrected chi connectivity index (χ2v) is 5.98. The molecule has 0 unspecified atom stereocenters. The quantitative estimate of drug-likeness (QED) is 0.818. The van der Waals surface area contributed by atoms with Gasteiger partial charge in [0.1, 0.15) is 6.04 Å². The van der Waals surface area contributed by atoms with Crippen LogP contribution in [0.4, 0.5) is 5.69 Å². The number of para-hydroxylation sites is 1. The van der Waals surface area contributed by atoms with Gasteiger partial charge in [0.2, 0.25) is 5.91 Å². The van der Waals surface area contributed by atoms with Crippen LogP contribution < -0.4 is 10.6 Å². The van der Waals surface area contributed by atoms with Crippen molar-refractivity contribution in [3.63, 3.8) is 0 Å². The number of amides is 1. The molecular weight excluding hydrogens is 264 g/mol. The zero-order valence-corrected chi connectivity index (χ0v) is 12.4. The van der Waals surface area contributed by atoms with Crippen molar-refractivity contribution in [1.29, 1.82) is 0 Å². The molecule has 0 bridgehead atoms. The topological polar surface area (TPSA) is 50.4 Å². The zero-order chi connectivity index (χ0) is 14.5. The Morgan fingerprint density at radius 3 is 2.86 bits per heavy atom. The lowest BCUT2D eigenvalue weighted by Gasteiger charge is -2.22. The Morgan fingerprint density at radius 1 is 1.24 bits per heavy atom. The highest BCUT2D eigenvalue weighted by Crippen LogP contribution is 2.25. The lowest BCUT2D eigenvalue weighted by Crippen LogP contribution is -2.40. The summed E-state index contributed by atoms with van der Waals surface area (Å²) in [6, 6.07) is 7.96. The zero-order valence-electron chi connectivity index (χ0n) is 12.4. The number of hydrogen-bond acceptors (Lipinski definition) is 3. The molecule has 0 aromatic heterocycles. The van der Waals surface area contributed by atoms with E-state index in [1.165, 1.54) is 37.7 Å². The summed E-state index contributed by atoms with van der Waals surface area (Å²) in [4.78, 5) is 12.1. The number of carbonyl (C=O) groups excluding carboxylic acids is 1. The van der Waals surface area contributed by atoms with Crippen molar-refractivity contribution in [2.45, 2.75) is 50.7 Å². The Labute approximate surface area is 126 Å². The molecule has 21 heavy (non-hydrogen) atoms. The minimum atomic E-state index is -0.142. The average molecular weight is 288 g/mol. The molecule has 2 N–H and O–H groups in total. The van der Waals surface area contributed by atoms with E-state index in [-0.39, 0.29) is 11.9 Å². The standard InChI is InChI=1S/C17H24N2O2/c20-17(16-12-13-6-4-5-9-15(13)19-16)18-10-11-21-14-7-2-1-3-8-14/h4-6,9,14,16,19H,1-3,7-8,10-12H2,(H,18,20)/t16-/m0/s1. The summed E-state index contributed by atoms with van der Waals surface area (Å²) >= 11 is 0. The smallest absolute Gasteiger partial charge is 0.242 e. The largest absolute Gasteiger partial charge is 0.376 e. The summed E-state index contributed by atoms with van der Waals surface area (Å²) in [5.74, 6) is 0.0680. The number of rotatable bonds is 5. The number of benzene rings is 1. The van der Waals surface area contributed by atoms with E-state index in [0.29, 0.717) is 19.3 Å². The van der Waals surface area contributed by atoms with Gasteiger partial charge in [-0.15, -0.1) is 0 Å². The number of nitrogens with one attached hydrogen (secondary N) is 2. The van der Waals surface area contributed by atoms with Gasteiger partial charge in [-0.05, 0) is 24.5 Å². The fourth-order valence-corrected chi connectivity index (χ4v) is 3.21. The first-order chi connectivity index (χ1) is 10.3. The fourth-order valence-electron chi connectivity index (χ4n) is 3.21. The van der Waals surface area contributed by atoms with Gasteiger partial charge in [-0.1, -0.05) is 37.5 Å². The molecule has 0 spiro atoms. The van der Waals surface area contributed by atoms with E-state index in [0.717, 1.165) is 12.1 Å². The van der Waals surface area contributed by atoms with Crippen LogP contribution >= 0.6 is 0 Å². The molecule has 1 amide bonds. The van der Waals surface area contributed by atoms with Crippen molar-refractivity contribution < 1.29 is 9.53 Å². The van der Waals surface area contributed by atoms with Gasteiger partial charge >= 0.3 is 0 Å². The predicted octanol–water partition coefficient (Wildman–Crippen LogP) is 2.49. The van der Waals surface area contributed by atoms with Crippen molar-refractivity contribution in [2.75, 3.05) is 18.5 Å². The minimum Gasteiger partial charge on any atom is -0.376 e. The molecule has 4 heteroatoms. The Bertz CT molecular complexity index is 458. The van der Waals surface area contributed by atoms with Gasteiger partial charge in [0.25, 0.3) is 0 Å². The SMILES string of the molecule is O=C(NCCOC1CCCCC1)[C@@H]1Cc2ccccc2N1.